The summed E-state index contributed by atoms with van der Waals surface area (Å²) in [5, 5.41) is 22.2. The van der Waals surface area contributed by atoms with E-state index >= 15 is 0 Å². The summed E-state index contributed by atoms with van der Waals surface area (Å²) in [7, 11) is 0. The predicted molar refractivity (Wildman–Crippen MR) is 174 cm³/mol. The summed E-state index contributed by atoms with van der Waals surface area (Å²) in [5.41, 5.74) is -0.729. The van der Waals surface area contributed by atoms with Gasteiger partial charge in [-0.1, -0.05) is 107 Å². The lowest BCUT2D eigenvalue weighted by atomic mass is 9.89. The number of ether oxygens (including phenoxy) is 2. The van der Waals surface area contributed by atoms with Crippen LogP contribution in [-0.2, 0) is 16.1 Å². The third kappa shape index (κ3) is 11.4. The first kappa shape index (κ1) is 37.0. The number of Topliss-reactive ketones (excluding diaryl/α,β-unsaturated/α-hetero) is 2. The Balaban J connectivity index is 2.65. The number of hydrogen-bond donors (Lipinski definition) is 2. The molecule has 242 valence electrons. The second-order valence-electron chi connectivity index (χ2n) is 11.1. The molecule has 0 heterocycles. The molecule has 0 aliphatic carbocycles. The molecule has 0 saturated carbocycles. The zero-order valence-electron chi connectivity index (χ0n) is 26.3. The van der Waals surface area contributed by atoms with Crippen LogP contribution < -0.4 is 4.74 Å². The Labute approximate surface area is 269 Å². The first-order valence-corrected chi connectivity index (χ1v) is 16.8. The summed E-state index contributed by atoms with van der Waals surface area (Å²) in [4.78, 5) is 53.9. The first-order chi connectivity index (χ1) is 21.2. The molecule has 0 aliphatic heterocycles. The lowest BCUT2D eigenvalue weighted by molar-refractivity contribution is -0.134. The number of aromatic hydroxyl groups is 2. The number of rotatable bonds is 21. The predicted octanol–water partition coefficient (Wildman–Crippen LogP) is 9.40. The van der Waals surface area contributed by atoms with Gasteiger partial charge in [-0.15, -0.1) is 0 Å². The molecule has 0 amide bonds. The number of unbranched alkanes of at least 4 members (excludes halogenated alkanes) is 9. The summed E-state index contributed by atoms with van der Waals surface area (Å²) in [6.07, 6.45) is 9.42. The topological polar surface area (TPSA) is 127 Å². The summed E-state index contributed by atoms with van der Waals surface area (Å²) < 4.78 is 11.9. The SMILES string of the molecule is CCCCCCC(=O)Oc1c(O)c(O)c(C(=O)CCCCCC)c(C(=O)OCc2cccc(Br)c2)c1C(=O)CCCCCC. The summed E-state index contributed by atoms with van der Waals surface area (Å²) in [5.74, 6) is -5.38. The van der Waals surface area contributed by atoms with Crippen LogP contribution in [0.5, 0.6) is 17.2 Å². The minimum absolute atomic E-state index is 0.0126. The van der Waals surface area contributed by atoms with E-state index in [0.717, 1.165) is 62.3 Å². The third-order valence-electron chi connectivity index (χ3n) is 7.39. The molecular weight excluding hydrogens is 628 g/mol. The van der Waals surface area contributed by atoms with E-state index in [1.807, 2.05) is 26.8 Å². The second-order valence-corrected chi connectivity index (χ2v) is 12.0. The molecule has 9 heteroatoms. The largest absolute Gasteiger partial charge is 0.504 e. The Bertz CT molecular complexity index is 1270. The molecule has 0 fully saturated rings. The number of ketones is 2. The fourth-order valence-corrected chi connectivity index (χ4v) is 5.37. The van der Waals surface area contributed by atoms with Gasteiger partial charge in [-0.2, -0.15) is 0 Å². The average Bonchev–Trinajstić information content (AvgIpc) is 3.00. The zero-order valence-corrected chi connectivity index (χ0v) is 27.9. The maximum atomic E-state index is 13.8. The van der Waals surface area contributed by atoms with E-state index < -0.39 is 57.4 Å². The molecule has 0 aliphatic rings. The molecule has 0 aromatic heterocycles. The van der Waals surface area contributed by atoms with Crippen molar-refractivity contribution >= 4 is 39.4 Å². The molecule has 0 atom stereocenters. The Morgan fingerprint density at radius 3 is 1.77 bits per heavy atom. The van der Waals surface area contributed by atoms with Gasteiger partial charge in [0.15, 0.2) is 23.1 Å². The van der Waals surface area contributed by atoms with Crippen molar-refractivity contribution in [2.75, 3.05) is 0 Å². The quantitative estimate of drug-likeness (QED) is 0.0441. The number of carbonyl (C=O) groups is 4. The third-order valence-corrected chi connectivity index (χ3v) is 7.88. The van der Waals surface area contributed by atoms with Crippen LogP contribution in [0, 0.1) is 0 Å². The highest BCUT2D eigenvalue weighted by Gasteiger charge is 2.36. The minimum atomic E-state index is -1.03. The van der Waals surface area contributed by atoms with Crippen LogP contribution in [0.3, 0.4) is 0 Å². The van der Waals surface area contributed by atoms with Gasteiger partial charge in [-0.3, -0.25) is 14.4 Å². The fourth-order valence-electron chi connectivity index (χ4n) is 4.93. The van der Waals surface area contributed by atoms with E-state index in [-0.39, 0.29) is 25.9 Å². The maximum Gasteiger partial charge on any atom is 0.340 e. The van der Waals surface area contributed by atoms with Crippen LogP contribution in [0.2, 0.25) is 0 Å². The number of phenolic OH excluding ortho intramolecular Hbond substituents is 2. The van der Waals surface area contributed by atoms with Crippen molar-refractivity contribution in [3.63, 3.8) is 0 Å². The molecule has 2 rings (SSSR count). The van der Waals surface area contributed by atoms with E-state index in [9.17, 15) is 29.4 Å². The number of carbonyl (C=O) groups excluding carboxylic acids is 4. The van der Waals surface area contributed by atoms with E-state index in [1.54, 1.807) is 18.2 Å². The minimum Gasteiger partial charge on any atom is -0.504 e. The summed E-state index contributed by atoms with van der Waals surface area (Å²) in [6, 6.07) is 7.09. The number of phenols is 2. The molecular formula is C35H47BrO8. The van der Waals surface area contributed by atoms with Gasteiger partial charge in [0.25, 0.3) is 0 Å². The van der Waals surface area contributed by atoms with Crippen molar-refractivity contribution in [2.24, 2.45) is 0 Å². The van der Waals surface area contributed by atoms with Crippen molar-refractivity contribution in [1.29, 1.82) is 0 Å². The summed E-state index contributed by atoms with van der Waals surface area (Å²) in [6.45, 7) is 5.94. The molecule has 2 aromatic carbocycles. The van der Waals surface area contributed by atoms with Gasteiger partial charge in [0.1, 0.15) is 6.61 Å². The Morgan fingerprint density at radius 1 is 0.682 bits per heavy atom. The van der Waals surface area contributed by atoms with Gasteiger partial charge in [0.2, 0.25) is 5.75 Å². The Kier molecular flexibility index (Phi) is 16.8. The van der Waals surface area contributed by atoms with E-state index in [2.05, 4.69) is 15.9 Å². The van der Waals surface area contributed by atoms with Gasteiger partial charge < -0.3 is 19.7 Å². The van der Waals surface area contributed by atoms with Crippen molar-refractivity contribution in [3.8, 4) is 17.2 Å². The first-order valence-electron chi connectivity index (χ1n) is 16.0. The van der Waals surface area contributed by atoms with E-state index in [0.29, 0.717) is 24.8 Å². The van der Waals surface area contributed by atoms with Crippen LogP contribution in [0.15, 0.2) is 28.7 Å². The van der Waals surface area contributed by atoms with Crippen LogP contribution in [0.4, 0.5) is 0 Å². The Morgan fingerprint density at radius 2 is 1.23 bits per heavy atom. The van der Waals surface area contributed by atoms with Gasteiger partial charge >= 0.3 is 11.9 Å². The highest BCUT2D eigenvalue weighted by Crippen LogP contribution is 2.46. The number of hydrogen-bond acceptors (Lipinski definition) is 8. The molecule has 44 heavy (non-hydrogen) atoms. The van der Waals surface area contributed by atoms with E-state index in [4.69, 9.17) is 9.47 Å². The molecule has 0 unspecified atom stereocenters. The van der Waals surface area contributed by atoms with Gasteiger partial charge in [-0.25, -0.2) is 4.79 Å². The Hall–Kier alpha value is -3.20. The molecule has 0 bridgehead atoms. The van der Waals surface area contributed by atoms with Crippen molar-refractivity contribution in [2.45, 2.75) is 124 Å². The monoisotopic (exact) mass is 674 g/mol. The van der Waals surface area contributed by atoms with Crippen LogP contribution in [0.1, 0.15) is 154 Å². The standard InChI is InChI=1S/C35H47BrO8/c1-4-7-10-13-19-26(37)29-31(35(42)43-23-24-17-16-18-25(36)22-24)30(27(38)20-14-11-8-5-2)34(33(41)32(29)40)44-28(39)21-15-12-9-6-3/h16-18,22,40-41H,4-15,19-21,23H2,1-3H3. The maximum absolute atomic E-state index is 13.8. The average molecular weight is 676 g/mol. The van der Waals surface area contributed by atoms with E-state index in [1.165, 1.54) is 0 Å². The summed E-state index contributed by atoms with van der Waals surface area (Å²) >= 11 is 3.38. The fraction of sp³-hybridized carbons (Fsp3) is 0.543. The highest BCUT2D eigenvalue weighted by molar-refractivity contribution is 9.10. The van der Waals surface area contributed by atoms with Crippen LogP contribution >= 0.6 is 15.9 Å². The highest BCUT2D eigenvalue weighted by atomic mass is 79.9. The second kappa shape index (κ2) is 20.0. The van der Waals surface area contributed by atoms with Gasteiger partial charge in [-0.05, 0) is 37.0 Å². The van der Waals surface area contributed by atoms with Crippen molar-refractivity contribution in [1.82, 2.24) is 0 Å². The molecule has 2 aromatic rings. The van der Waals surface area contributed by atoms with Gasteiger partial charge in [0.05, 0.1) is 16.7 Å². The zero-order chi connectivity index (χ0) is 32.5. The van der Waals surface area contributed by atoms with Crippen molar-refractivity contribution in [3.05, 3.63) is 51.0 Å². The lowest BCUT2D eigenvalue weighted by Gasteiger charge is -2.20. The molecule has 0 spiro atoms. The van der Waals surface area contributed by atoms with Crippen LogP contribution in [0.25, 0.3) is 0 Å². The molecule has 8 nitrogen and oxygen atoms in total. The van der Waals surface area contributed by atoms with Crippen LogP contribution in [-0.4, -0.2) is 33.7 Å². The molecule has 0 saturated heterocycles. The smallest absolute Gasteiger partial charge is 0.340 e. The normalized spacial score (nSPS) is 10.9. The van der Waals surface area contributed by atoms with Crippen molar-refractivity contribution < 1.29 is 38.9 Å². The number of esters is 2. The van der Waals surface area contributed by atoms with Gasteiger partial charge in [0, 0.05) is 23.7 Å². The molecule has 0 radical (unpaired) electrons. The number of halogens is 1. The lowest BCUT2D eigenvalue weighted by Crippen LogP contribution is -2.21. The number of benzene rings is 2. The molecule has 2 N–H and O–H groups in total.